The fourth-order valence-electron chi connectivity index (χ4n) is 3.97. The molecule has 3 rings (SSSR count). The molecule has 14 heteroatoms. The van der Waals surface area contributed by atoms with E-state index in [0.29, 0.717) is 13.0 Å². The van der Waals surface area contributed by atoms with E-state index in [4.69, 9.17) is 15.3 Å². The molecule has 0 saturated carbocycles. The lowest BCUT2D eigenvalue weighted by Gasteiger charge is -2.24. The van der Waals surface area contributed by atoms with Gasteiger partial charge in [0.05, 0.1) is 13.2 Å². The monoisotopic (exact) mass is 562 g/mol. The Hall–Kier alpha value is -3.33. The van der Waals surface area contributed by atoms with Gasteiger partial charge in [0, 0.05) is 25.9 Å². The topological polar surface area (TPSA) is 173 Å². The van der Waals surface area contributed by atoms with Crippen molar-refractivity contribution >= 4 is 32.7 Å². The van der Waals surface area contributed by atoms with Crippen molar-refractivity contribution in [1.29, 1.82) is 4.78 Å². The Kier molecular flexibility index (Phi) is 10.2. The summed E-state index contributed by atoms with van der Waals surface area (Å²) in [5.74, 6) is -0.191. The summed E-state index contributed by atoms with van der Waals surface area (Å²) in [7, 11) is -0.120. The van der Waals surface area contributed by atoms with Crippen LogP contribution < -0.4 is 11.4 Å². The van der Waals surface area contributed by atoms with Gasteiger partial charge in [-0.3, -0.25) is 9.47 Å². The molecule has 2 heterocycles. The molecule has 4 N–H and O–H groups in total. The Morgan fingerprint density at radius 3 is 2.51 bits per heavy atom. The van der Waals surface area contributed by atoms with E-state index in [1.807, 2.05) is 30.3 Å². The second-order valence-electron chi connectivity index (χ2n) is 9.37. The highest BCUT2D eigenvalue weighted by Gasteiger charge is 2.27. The van der Waals surface area contributed by atoms with Gasteiger partial charge in [0.15, 0.2) is 11.5 Å². The molecule has 2 atom stereocenters. The second kappa shape index (κ2) is 13.2. The molecule has 3 aromatic rings. The third-order valence-corrected chi connectivity index (χ3v) is 7.95. The molecule has 0 saturated heterocycles. The van der Waals surface area contributed by atoms with Crippen LogP contribution in [0.3, 0.4) is 0 Å². The van der Waals surface area contributed by atoms with Gasteiger partial charge in [0.25, 0.3) is 0 Å². The SMILES string of the molecule is CCCCN(C)C(O)OCCN(C)C(=O)n1c(=O)n(Cc2ccccc2)c2nc(S(=N)(=O)CCC)nc(N)c21. The number of nitrogens with zero attached hydrogens (tertiary/aromatic N) is 6. The molecule has 0 bridgehead atoms. The fourth-order valence-corrected chi connectivity index (χ4v) is 5.20. The number of nitrogens with two attached hydrogens (primary N) is 1. The lowest BCUT2D eigenvalue weighted by molar-refractivity contribution is -0.185. The lowest BCUT2D eigenvalue weighted by Crippen LogP contribution is -2.41. The zero-order valence-electron chi connectivity index (χ0n) is 22.9. The number of carbonyl (C=O) groups excluding carboxylic acids is 1. The number of hydrogen-bond acceptors (Lipinski definition) is 10. The first kappa shape index (κ1) is 30.2. The van der Waals surface area contributed by atoms with Gasteiger partial charge in [-0.1, -0.05) is 50.6 Å². The molecule has 0 aliphatic rings. The number of aliphatic hydroxyl groups excluding tert-OH is 1. The number of nitrogen functional groups attached to an aromatic ring is 1. The normalized spacial score (nSPS) is 14.0. The minimum atomic E-state index is -3.35. The molecule has 39 heavy (non-hydrogen) atoms. The number of amides is 1. The van der Waals surface area contributed by atoms with Crippen molar-refractivity contribution in [2.75, 3.05) is 45.3 Å². The predicted molar refractivity (Wildman–Crippen MR) is 149 cm³/mol. The molecule has 1 amide bonds. The minimum Gasteiger partial charge on any atom is -0.382 e. The number of rotatable bonds is 13. The van der Waals surface area contributed by atoms with Crippen LogP contribution in [0.4, 0.5) is 10.6 Å². The van der Waals surface area contributed by atoms with E-state index in [-0.39, 0.29) is 47.6 Å². The fraction of sp³-hybridized carbons (Fsp3) is 0.520. The summed E-state index contributed by atoms with van der Waals surface area (Å²) >= 11 is 0. The van der Waals surface area contributed by atoms with Crippen molar-refractivity contribution in [3.63, 3.8) is 0 Å². The van der Waals surface area contributed by atoms with Gasteiger partial charge in [0.2, 0.25) is 11.6 Å². The van der Waals surface area contributed by atoms with E-state index >= 15 is 0 Å². The van der Waals surface area contributed by atoms with Crippen molar-refractivity contribution in [3.8, 4) is 0 Å². The maximum absolute atomic E-state index is 13.6. The summed E-state index contributed by atoms with van der Waals surface area (Å²) in [6, 6.07) is 8.42. The van der Waals surface area contributed by atoms with Crippen LogP contribution in [0.5, 0.6) is 0 Å². The van der Waals surface area contributed by atoms with E-state index < -0.39 is 27.9 Å². The van der Waals surface area contributed by atoms with Crippen LogP contribution in [0, 0.1) is 4.78 Å². The van der Waals surface area contributed by atoms with Crippen molar-refractivity contribution in [2.45, 2.75) is 51.2 Å². The first-order chi connectivity index (χ1) is 18.5. The number of benzene rings is 1. The Morgan fingerprint density at radius 1 is 1.18 bits per heavy atom. The Morgan fingerprint density at radius 2 is 1.87 bits per heavy atom. The van der Waals surface area contributed by atoms with Gasteiger partial charge in [0.1, 0.15) is 15.2 Å². The number of likely N-dealkylation sites (N-methyl/N-ethyl adjacent to an activating group) is 1. The second-order valence-corrected chi connectivity index (χ2v) is 11.5. The van der Waals surface area contributed by atoms with Crippen LogP contribution in [0.15, 0.2) is 40.3 Å². The van der Waals surface area contributed by atoms with E-state index in [1.54, 1.807) is 18.9 Å². The maximum atomic E-state index is 13.6. The molecule has 2 aromatic heterocycles. The standard InChI is InChI=1S/C25H38N8O5S/c1-5-7-13-31(4)25(36)38-15-14-30(3)23(34)33-19-20(26)28-22(39(27,37)16-6-2)29-21(19)32(24(33)35)17-18-11-9-8-10-12-18/h8-12,25,27,36H,5-7,13-17H2,1-4H3,(H2,26,28,29). The van der Waals surface area contributed by atoms with Crippen molar-refractivity contribution in [2.24, 2.45) is 0 Å². The molecule has 0 radical (unpaired) electrons. The number of carbonyl (C=O) groups is 1. The molecule has 214 valence electrons. The molecule has 1 aromatic carbocycles. The van der Waals surface area contributed by atoms with E-state index in [9.17, 15) is 18.9 Å². The highest BCUT2D eigenvalue weighted by Crippen LogP contribution is 2.22. The first-order valence-electron chi connectivity index (χ1n) is 12.9. The summed E-state index contributed by atoms with van der Waals surface area (Å²) < 4.78 is 28.8. The van der Waals surface area contributed by atoms with Crippen molar-refractivity contribution in [3.05, 3.63) is 46.4 Å². The summed E-state index contributed by atoms with van der Waals surface area (Å²) in [4.78, 5) is 38.4. The van der Waals surface area contributed by atoms with Gasteiger partial charge in [-0.2, -0.15) is 4.98 Å². The number of fused-ring (bicyclic) bond motifs is 1. The van der Waals surface area contributed by atoms with Crippen LogP contribution >= 0.6 is 0 Å². The smallest absolute Gasteiger partial charge is 0.339 e. The maximum Gasteiger partial charge on any atom is 0.339 e. The molecule has 2 unspecified atom stereocenters. The molecule has 13 nitrogen and oxygen atoms in total. The molecule has 0 aliphatic heterocycles. The van der Waals surface area contributed by atoms with Gasteiger partial charge in [-0.05, 0) is 25.5 Å². The van der Waals surface area contributed by atoms with Crippen LogP contribution in [0.2, 0.25) is 0 Å². The number of aromatic nitrogens is 4. The third kappa shape index (κ3) is 7.01. The molecule has 0 fully saturated rings. The number of unbranched alkanes of at least 4 members (excludes halogenated alkanes) is 1. The molecular formula is C25H38N8O5S. The summed E-state index contributed by atoms with van der Waals surface area (Å²) in [5.41, 5.74) is 6.28. The Balaban J connectivity index is 1.97. The number of imidazole rings is 1. The van der Waals surface area contributed by atoms with Crippen molar-refractivity contribution in [1.82, 2.24) is 28.9 Å². The first-order valence-corrected chi connectivity index (χ1v) is 14.6. The van der Waals surface area contributed by atoms with Gasteiger partial charge < -0.3 is 20.5 Å². The average Bonchev–Trinajstić information content (AvgIpc) is 3.18. The van der Waals surface area contributed by atoms with Gasteiger partial charge in [-0.25, -0.2) is 28.1 Å². The summed E-state index contributed by atoms with van der Waals surface area (Å²) in [5, 5.41) is 9.90. The van der Waals surface area contributed by atoms with Gasteiger partial charge >= 0.3 is 11.7 Å². The van der Waals surface area contributed by atoms with E-state index in [1.165, 1.54) is 16.5 Å². The average molecular weight is 563 g/mol. The Labute approximate surface area is 228 Å². The predicted octanol–water partition coefficient (Wildman–Crippen LogP) is 1.96. The van der Waals surface area contributed by atoms with Crippen LogP contribution in [0.25, 0.3) is 11.2 Å². The van der Waals surface area contributed by atoms with Gasteiger partial charge in [-0.15, -0.1) is 0 Å². The number of nitrogens with one attached hydrogen (secondary N) is 1. The largest absolute Gasteiger partial charge is 0.382 e. The zero-order chi connectivity index (χ0) is 28.7. The van der Waals surface area contributed by atoms with Crippen LogP contribution in [-0.4, -0.2) is 90.2 Å². The number of ether oxygens (including phenoxy) is 1. The van der Waals surface area contributed by atoms with Crippen LogP contribution in [0.1, 0.15) is 38.7 Å². The zero-order valence-corrected chi connectivity index (χ0v) is 23.7. The molecular weight excluding hydrogens is 524 g/mol. The Bertz CT molecular complexity index is 1440. The highest BCUT2D eigenvalue weighted by atomic mass is 32.2. The quantitative estimate of drug-likeness (QED) is 0.208. The third-order valence-electron chi connectivity index (χ3n) is 6.20. The lowest BCUT2D eigenvalue weighted by atomic mass is 10.2. The minimum absolute atomic E-state index is 0.0192. The number of aliphatic hydroxyl groups is 1. The van der Waals surface area contributed by atoms with E-state index in [0.717, 1.165) is 23.0 Å². The summed E-state index contributed by atoms with van der Waals surface area (Å²) in [6.45, 7) is 4.67. The summed E-state index contributed by atoms with van der Waals surface area (Å²) in [6.07, 6.45) is 1.23. The van der Waals surface area contributed by atoms with E-state index in [2.05, 4.69) is 16.9 Å². The van der Waals surface area contributed by atoms with Crippen molar-refractivity contribution < 1.29 is 18.8 Å². The number of anilines is 1. The molecule has 0 spiro atoms. The number of hydrogen-bond donors (Lipinski definition) is 3. The highest BCUT2D eigenvalue weighted by molar-refractivity contribution is 7.92. The van der Waals surface area contributed by atoms with Crippen LogP contribution in [-0.2, 0) is 21.0 Å². The molecule has 0 aliphatic carbocycles.